The van der Waals surface area contributed by atoms with E-state index in [2.05, 4.69) is 66.7 Å². The summed E-state index contributed by atoms with van der Waals surface area (Å²) in [5.41, 5.74) is 0.828. The normalized spacial score (nSPS) is 11.0. The number of benzene rings is 4. The molecule has 0 saturated heterocycles. The summed E-state index contributed by atoms with van der Waals surface area (Å²) in [5.74, 6) is 0.272. The molecule has 0 fully saturated rings. The van der Waals surface area contributed by atoms with E-state index in [0.29, 0.717) is 0 Å². The maximum atomic E-state index is 13.4. The summed E-state index contributed by atoms with van der Waals surface area (Å²) in [7, 11) is 0. The molecule has 27 heavy (non-hydrogen) atoms. The molecular formula is C24H18OSe2. The Morgan fingerprint density at radius 2 is 1.11 bits per heavy atom. The Morgan fingerprint density at radius 3 is 1.70 bits per heavy atom. The van der Waals surface area contributed by atoms with Gasteiger partial charge in [0.25, 0.3) is 0 Å². The molecule has 4 aromatic carbocycles. The number of Topliss-reactive ketones (excluding diaryl/α,β-unsaturated/α-hetero) is 1. The van der Waals surface area contributed by atoms with E-state index in [-0.39, 0.29) is 39.4 Å². The molecule has 0 N–H and O–H groups in total. The zero-order chi connectivity index (χ0) is 18.5. The van der Waals surface area contributed by atoms with Crippen LogP contribution >= 0.6 is 0 Å². The van der Waals surface area contributed by atoms with Crippen molar-refractivity contribution in [2.45, 2.75) is 3.71 Å². The van der Waals surface area contributed by atoms with Gasteiger partial charge >= 0.3 is 173 Å². The number of hydrogen-bond donors (Lipinski definition) is 0. The number of rotatable bonds is 6. The van der Waals surface area contributed by atoms with Crippen molar-refractivity contribution in [3.8, 4) is 0 Å². The van der Waals surface area contributed by atoms with Crippen molar-refractivity contribution in [1.29, 1.82) is 0 Å². The van der Waals surface area contributed by atoms with Crippen LogP contribution in [0.2, 0.25) is 3.71 Å². The minimum atomic E-state index is 0.0518. The predicted molar refractivity (Wildman–Crippen MR) is 116 cm³/mol. The molecule has 0 spiro atoms. The van der Waals surface area contributed by atoms with Crippen LogP contribution in [-0.4, -0.2) is 35.7 Å². The van der Waals surface area contributed by atoms with Gasteiger partial charge in [-0.15, -0.1) is 0 Å². The first kappa shape index (κ1) is 18.2. The molecule has 0 amide bonds. The van der Waals surface area contributed by atoms with Gasteiger partial charge in [0.2, 0.25) is 0 Å². The Hall–Kier alpha value is -2.15. The van der Waals surface area contributed by atoms with Crippen molar-refractivity contribution >= 4 is 55.4 Å². The molecule has 0 aliphatic heterocycles. The summed E-state index contributed by atoms with van der Waals surface area (Å²) in [6, 6.07) is 35.2. The van der Waals surface area contributed by atoms with Gasteiger partial charge in [-0.05, 0) is 0 Å². The molecule has 0 saturated carbocycles. The Labute approximate surface area is 172 Å². The first-order valence-electron chi connectivity index (χ1n) is 8.76. The van der Waals surface area contributed by atoms with E-state index >= 15 is 0 Å². The molecule has 3 heteroatoms. The first-order chi connectivity index (χ1) is 13.3. The van der Waals surface area contributed by atoms with Crippen LogP contribution in [0.15, 0.2) is 103 Å². The van der Waals surface area contributed by atoms with Gasteiger partial charge in [0, 0.05) is 0 Å². The Balaban J connectivity index is 1.66. The third-order valence-electron chi connectivity index (χ3n) is 4.22. The second-order valence-corrected chi connectivity index (χ2v) is 12.6. The topological polar surface area (TPSA) is 17.1 Å². The fourth-order valence-corrected chi connectivity index (χ4v) is 9.28. The number of fused-ring (bicyclic) bond motifs is 1. The molecular weight excluding hydrogens is 462 g/mol. The van der Waals surface area contributed by atoms with E-state index in [1.807, 2.05) is 36.4 Å². The molecule has 0 aromatic heterocycles. The summed E-state index contributed by atoms with van der Waals surface area (Å²) in [6.07, 6.45) is 0. The summed E-state index contributed by atoms with van der Waals surface area (Å²) < 4.78 is 2.61. The molecule has 4 rings (SSSR count). The standard InChI is InChI=1S/C24H18OSe2/c25-23(20-16-15-18-9-7-8-10-19(18)17-20)24(26-21-11-3-1-4-12-21)27-22-13-5-2-6-14-22/h1-17,24H. The van der Waals surface area contributed by atoms with Crippen LogP contribution in [0.5, 0.6) is 0 Å². The van der Waals surface area contributed by atoms with Crippen LogP contribution in [0, 0.1) is 0 Å². The third-order valence-corrected chi connectivity index (χ3v) is 10.4. The average molecular weight is 480 g/mol. The van der Waals surface area contributed by atoms with Gasteiger partial charge in [0.05, 0.1) is 0 Å². The minimum absolute atomic E-state index is 0.0518. The van der Waals surface area contributed by atoms with Crippen molar-refractivity contribution < 1.29 is 4.79 Å². The summed E-state index contributed by atoms with van der Waals surface area (Å²) in [6.45, 7) is 0. The Morgan fingerprint density at radius 1 is 0.593 bits per heavy atom. The van der Waals surface area contributed by atoms with E-state index < -0.39 is 0 Å². The van der Waals surface area contributed by atoms with Crippen molar-refractivity contribution in [1.82, 2.24) is 0 Å². The van der Waals surface area contributed by atoms with Crippen LogP contribution in [0.4, 0.5) is 0 Å². The molecule has 0 unspecified atom stereocenters. The van der Waals surface area contributed by atoms with Crippen LogP contribution in [0.3, 0.4) is 0 Å². The van der Waals surface area contributed by atoms with E-state index in [9.17, 15) is 4.79 Å². The molecule has 0 heterocycles. The van der Waals surface area contributed by atoms with Crippen molar-refractivity contribution in [3.05, 3.63) is 109 Å². The summed E-state index contributed by atoms with van der Waals surface area (Å²) in [4.78, 5) is 13.4. The molecule has 4 aromatic rings. The van der Waals surface area contributed by atoms with E-state index in [4.69, 9.17) is 0 Å². The molecule has 0 bridgehead atoms. The second kappa shape index (κ2) is 8.69. The first-order valence-corrected chi connectivity index (χ1v) is 12.5. The van der Waals surface area contributed by atoms with Gasteiger partial charge in [0.1, 0.15) is 0 Å². The molecule has 0 radical (unpaired) electrons. The van der Waals surface area contributed by atoms with Gasteiger partial charge in [-0.3, -0.25) is 0 Å². The number of ketones is 1. The fraction of sp³-hybridized carbons (Fsp3) is 0.0417. The number of carbonyl (C=O) groups is 1. The fourth-order valence-electron chi connectivity index (χ4n) is 2.86. The third kappa shape index (κ3) is 4.58. The monoisotopic (exact) mass is 482 g/mol. The van der Waals surface area contributed by atoms with Crippen molar-refractivity contribution in [2.75, 3.05) is 0 Å². The SMILES string of the molecule is O=C(c1ccc2ccccc2c1)C([Se]c1ccccc1)[Se]c1ccccc1. The van der Waals surface area contributed by atoms with Crippen molar-refractivity contribution in [3.63, 3.8) is 0 Å². The Bertz CT molecular complexity index is 1000. The van der Waals surface area contributed by atoms with Crippen LogP contribution in [0.25, 0.3) is 10.8 Å². The van der Waals surface area contributed by atoms with E-state index in [1.165, 1.54) is 14.3 Å². The molecule has 0 aliphatic carbocycles. The molecule has 0 aliphatic rings. The average Bonchev–Trinajstić information content (AvgIpc) is 2.74. The zero-order valence-corrected chi connectivity index (χ0v) is 18.0. The quantitative estimate of drug-likeness (QED) is 0.303. The van der Waals surface area contributed by atoms with Gasteiger partial charge in [-0.25, -0.2) is 0 Å². The van der Waals surface area contributed by atoms with Gasteiger partial charge in [-0.1, -0.05) is 0 Å². The number of hydrogen-bond acceptors (Lipinski definition) is 1. The number of carbonyl (C=O) groups excluding carboxylic acids is 1. The van der Waals surface area contributed by atoms with Crippen molar-refractivity contribution in [2.24, 2.45) is 0 Å². The van der Waals surface area contributed by atoms with E-state index in [1.54, 1.807) is 0 Å². The van der Waals surface area contributed by atoms with Crippen LogP contribution in [0.1, 0.15) is 10.4 Å². The second-order valence-electron chi connectivity index (χ2n) is 6.12. The Kier molecular flexibility index (Phi) is 5.87. The predicted octanol–water partition coefficient (Wildman–Crippen LogP) is 3.83. The van der Waals surface area contributed by atoms with Crippen LogP contribution < -0.4 is 8.92 Å². The molecule has 0 atom stereocenters. The van der Waals surface area contributed by atoms with E-state index in [0.717, 1.165) is 10.9 Å². The summed E-state index contributed by atoms with van der Waals surface area (Å²) >= 11 is 0.222. The zero-order valence-electron chi connectivity index (χ0n) is 14.6. The molecule has 1 nitrogen and oxygen atoms in total. The molecule has 132 valence electrons. The van der Waals surface area contributed by atoms with Crippen LogP contribution in [-0.2, 0) is 0 Å². The summed E-state index contributed by atoms with van der Waals surface area (Å²) in [5, 5.41) is 2.30. The maximum absolute atomic E-state index is 13.4. The van der Waals surface area contributed by atoms with Gasteiger partial charge < -0.3 is 0 Å². The van der Waals surface area contributed by atoms with Gasteiger partial charge in [0.15, 0.2) is 0 Å². The van der Waals surface area contributed by atoms with Gasteiger partial charge in [-0.2, -0.15) is 0 Å².